The summed E-state index contributed by atoms with van der Waals surface area (Å²) in [6.45, 7) is 2.21. The second-order valence-corrected chi connectivity index (χ2v) is 5.67. The van der Waals surface area contributed by atoms with Crippen LogP contribution in [0.1, 0.15) is 71.1 Å². The van der Waals surface area contributed by atoms with Crippen molar-refractivity contribution in [2.75, 3.05) is 0 Å². The molecule has 0 radical (unpaired) electrons. The number of benzene rings is 1. The van der Waals surface area contributed by atoms with Crippen molar-refractivity contribution < 1.29 is 19.0 Å². The monoisotopic (exact) mass is 310 g/mol. The van der Waals surface area contributed by atoms with Gasteiger partial charge in [0.05, 0.1) is 0 Å². The SMILES string of the molecule is CCCCCCCCCCCC(=O)Oc1ccc(O)cc1F. The first kappa shape index (κ1) is 18.5. The lowest BCUT2D eigenvalue weighted by Crippen LogP contribution is -2.08. The van der Waals surface area contributed by atoms with Crippen LogP contribution in [-0.2, 0) is 4.79 Å². The van der Waals surface area contributed by atoms with Crippen LogP contribution in [-0.4, -0.2) is 11.1 Å². The number of aromatic hydroxyl groups is 1. The van der Waals surface area contributed by atoms with E-state index in [9.17, 15) is 9.18 Å². The smallest absolute Gasteiger partial charge is 0.311 e. The van der Waals surface area contributed by atoms with Gasteiger partial charge in [-0.3, -0.25) is 4.79 Å². The average molecular weight is 310 g/mol. The molecule has 22 heavy (non-hydrogen) atoms. The number of phenols is 1. The number of ether oxygens (including phenoxy) is 1. The Kier molecular flexibility index (Phi) is 9.28. The maximum Gasteiger partial charge on any atom is 0.311 e. The predicted molar refractivity (Wildman–Crippen MR) is 85.5 cm³/mol. The maximum absolute atomic E-state index is 13.4. The first-order chi connectivity index (χ1) is 10.6. The van der Waals surface area contributed by atoms with Gasteiger partial charge in [-0.05, 0) is 18.6 Å². The molecule has 1 N–H and O–H groups in total. The summed E-state index contributed by atoms with van der Waals surface area (Å²) in [6, 6.07) is 3.49. The standard InChI is InChI=1S/C18H27FO3/c1-2-3-4-5-6-7-8-9-10-11-18(21)22-17-13-12-15(20)14-16(17)19/h12-14,20H,2-11H2,1H3. The Morgan fingerprint density at radius 3 is 2.23 bits per heavy atom. The highest BCUT2D eigenvalue weighted by Crippen LogP contribution is 2.22. The second kappa shape index (κ2) is 11.0. The van der Waals surface area contributed by atoms with E-state index >= 15 is 0 Å². The van der Waals surface area contributed by atoms with Gasteiger partial charge in [-0.25, -0.2) is 4.39 Å². The summed E-state index contributed by atoms with van der Waals surface area (Å²) in [5, 5.41) is 9.08. The van der Waals surface area contributed by atoms with Gasteiger partial charge in [-0.2, -0.15) is 0 Å². The minimum Gasteiger partial charge on any atom is -0.508 e. The number of carbonyl (C=O) groups excluding carboxylic acids is 1. The number of rotatable bonds is 11. The molecular formula is C18H27FO3. The third kappa shape index (κ3) is 8.01. The molecule has 4 heteroatoms. The van der Waals surface area contributed by atoms with Gasteiger partial charge in [0.1, 0.15) is 5.75 Å². The molecule has 0 spiro atoms. The van der Waals surface area contributed by atoms with E-state index in [4.69, 9.17) is 9.84 Å². The number of phenolic OH excluding ortho intramolecular Hbond substituents is 1. The molecule has 0 saturated heterocycles. The van der Waals surface area contributed by atoms with Gasteiger partial charge in [0.15, 0.2) is 11.6 Å². The molecule has 1 rings (SSSR count). The first-order valence-electron chi connectivity index (χ1n) is 8.32. The van der Waals surface area contributed by atoms with Gasteiger partial charge in [0.25, 0.3) is 0 Å². The van der Waals surface area contributed by atoms with Crippen LogP contribution in [0.2, 0.25) is 0 Å². The summed E-state index contributed by atoms with van der Waals surface area (Å²) in [5.41, 5.74) is 0. The largest absolute Gasteiger partial charge is 0.508 e. The summed E-state index contributed by atoms with van der Waals surface area (Å²) in [6.07, 6.45) is 10.9. The molecule has 0 atom stereocenters. The Hall–Kier alpha value is -1.58. The number of unbranched alkanes of at least 4 members (excludes halogenated alkanes) is 8. The van der Waals surface area contributed by atoms with Crippen LogP contribution in [0.15, 0.2) is 18.2 Å². The van der Waals surface area contributed by atoms with Crippen LogP contribution in [0, 0.1) is 5.82 Å². The van der Waals surface area contributed by atoms with Gasteiger partial charge in [0, 0.05) is 12.5 Å². The lowest BCUT2D eigenvalue weighted by molar-refractivity contribution is -0.134. The quantitative estimate of drug-likeness (QED) is 0.340. The van der Waals surface area contributed by atoms with Crippen LogP contribution >= 0.6 is 0 Å². The summed E-state index contributed by atoms with van der Waals surface area (Å²) >= 11 is 0. The normalized spacial score (nSPS) is 10.6. The van der Waals surface area contributed by atoms with Crippen LogP contribution < -0.4 is 4.74 Å². The highest BCUT2D eigenvalue weighted by Gasteiger charge is 2.09. The molecule has 3 nitrogen and oxygen atoms in total. The van der Waals surface area contributed by atoms with Crippen molar-refractivity contribution in [1.29, 1.82) is 0 Å². The molecule has 0 saturated carbocycles. The predicted octanol–water partition coefficient (Wildman–Crippen LogP) is 5.36. The van der Waals surface area contributed by atoms with Crippen molar-refractivity contribution >= 4 is 5.97 Å². The van der Waals surface area contributed by atoms with Gasteiger partial charge in [-0.15, -0.1) is 0 Å². The number of hydrogen-bond acceptors (Lipinski definition) is 3. The Bertz CT molecular complexity index is 446. The molecular weight excluding hydrogens is 283 g/mol. The minimum absolute atomic E-state index is 0.126. The van der Waals surface area contributed by atoms with Crippen LogP contribution in [0.5, 0.6) is 11.5 Å². The maximum atomic E-state index is 13.4. The van der Waals surface area contributed by atoms with Crippen LogP contribution in [0.3, 0.4) is 0 Å². The van der Waals surface area contributed by atoms with Crippen molar-refractivity contribution in [2.24, 2.45) is 0 Å². The van der Waals surface area contributed by atoms with E-state index in [-0.39, 0.29) is 11.5 Å². The minimum atomic E-state index is -0.722. The van der Waals surface area contributed by atoms with Gasteiger partial charge >= 0.3 is 5.97 Å². The number of carbonyl (C=O) groups is 1. The van der Waals surface area contributed by atoms with E-state index < -0.39 is 11.8 Å². The van der Waals surface area contributed by atoms with Crippen molar-refractivity contribution in [3.63, 3.8) is 0 Å². The van der Waals surface area contributed by atoms with Crippen molar-refractivity contribution in [3.8, 4) is 11.5 Å². The Balaban J connectivity index is 2.06. The van der Waals surface area contributed by atoms with E-state index in [2.05, 4.69) is 6.92 Å². The topological polar surface area (TPSA) is 46.5 Å². The molecule has 0 heterocycles. The molecule has 124 valence electrons. The first-order valence-corrected chi connectivity index (χ1v) is 8.32. The zero-order chi connectivity index (χ0) is 16.2. The third-order valence-corrected chi connectivity index (χ3v) is 3.62. The molecule has 0 unspecified atom stereocenters. The molecule has 0 aliphatic rings. The Morgan fingerprint density at radius 2 is 1.64 bits per heavy atom. The number of esters is 1. The highest BCUT2D eigenvalue weighted by molar-refractivity contribution is 5.72. The van der Waals surface area contributed by atoms with Gasteiger partial charge in [0.2, 0.25) is 0 Å². The van der Waals surface area contributed by atoms with E-state index in [0.29, 0.717) is 6.42 Å². The van der Waals surface area contributed by atoms with Gasteiger partial charge in [-0.1, -0.05) is 58.3 Å². The summed E-state index contributed by atoms with van der Waals surface area (Å²) in [7, 11) is 0. The highest BCUT2D eigenvalue weighted by atomic mass is 19.1. The zero-order valence-corrected chi connectivity index (χ0v) is 13.4. The van der Waals surface area contributed by atoms with Crippen molar-refractivity contribution in [1.82, 2.24) is 0 Å². The number of halogens is 1. The Morgan fingerprint density at radius 1 is 1.05 bits per heavy atom. The van der Waals surface area contributed by atoms with E-state index in [1.807, 2.05) is 0 Å². The zero-order valence-electron chi connectivity index (χ0n) is 13.4. The fourth-order valence-corrected chi connectivity index (χ4v) is 2.33. The molecule has 0 fully saturated rings. The van der Waals surface area contributed by atoms with Crippen molar-refractivity contribution in [2.45, 2.75) is 71.1 Å². The second-order valence-electron chi connectivity index (χ2n) is 5.67. The lowest BCUT2D eigenvalue weighted by Gasteiger charge is -2.06. The molecule has 0 amide bonds. The molecule has 0 aliphatic carbocycles. The molecule has 1 aromatic carbocycles. The number of hydrogen-bond donors (Lipinski definition) is 1. The van der Waals surface area contributed by atoms with Crippen molar-refractivity contribution in [3.05, 3.63) is 24.0 Å². The fourth-order valence-electron chi connectivity index (χ4n) is 2.33. The van der Waals surface area contributed by atoms with E-state index in [1.165, 1.54) is 50.7 Å². The summed E-state index contributed by atoms with van der Waals surface area (Å²) in [4.78, 5) is 11.6. The molecule has 1 aromatic rings. The molecule has 0 aromatic heterocycles. The van der Waals surface area contributed by atoms with Crippen LogP contribution in [0.25, 0.3) is 0 Å². The van der Waals surface area contributed by atoms with Crippen LogP contribution in [0.4, 0.5) is 4.39 Å². The molecule has 0 aliphatic heterocycles. The lowest BCUT2D eigenvalue weighted by atomic mass is 10.1. The summed E-state index contributed by atoms with van der Waals surface area (Å²) in [5.74, 6) is -1.46. The molecule has 0 bridgehead atoms. The third-order valence-electron chi connectivity index (χ3n) is 3.62. The van der Waals surface area contributed by atoms with E-state index in [0.717, 1.165) is 25.3 Å². The summed E-state index contributed by atoms with van der Waals surface area (Å²) < 4.78 is 18.3. The average Bonchev–Trinajstić information content (AvgIpc) is 2.48. The van der Waals surface area contributed by atoms with Gasteiger partial charge < -0.3 is 9.84 Å². The van der Waals surface area contributed by atoms with E-state index in [1.54, 1.807) is 0 Å². The fraction of sp³-hybridized carbons (Fsp3) is 0.611. The Labute approximate surface area is 132 Å².